The van der Waals surface area contributed by atoms with Gasteiger partial charge in [0.2, 0.25) is 11.9 Å². The van der Waals surface area contributed by atoms with Crippen LogP contribution in [0.5, 0.6) is 0 Å². The van der Waals surface area contributed by atoms with E-state index < -0.39 is 12.1 Å². The van der Waals surface area contributed by atoms with E-state index in [9.17, 15) is 14.7 Å². The van der Waals surface area contributed by atoms with E-state index in [4.69, 9.17) is 11.5 Å². The summed E-state index contributed by atoms with van der Waals surface area (Å²) in [4.78, 5) is 39.0. The molecule has 4 aromatic rings. The van der Waals surface area contributed by atoms with Crippen LogP contribution >= 0.6 is 0 Å². The predicted molar refractivity (Wildman–Crippen MR) is 122 cm³/mol. The third-order valence-electron chi connectivity index (χ3n) is 6.40. The topological polar surface area (TPSA) is 163 Å². The van der Waals surface area contributed by atoms with E-state index in [0.717, 1.165) is 16.6 Å². The predicted octanol–water partition coefficient (Wildman–Crippen LogP) is -0.442. The van der Waals surface area contributed by atoms with E-state index in [1.807, 2.05) is 18.2 Å². The van der Waals surface area contributed by atoms with E-state index in [-0.39, 0.29) is 29.9 Å². The number of aliphatic hydroxyl groups is 1. The number of nitrogen functional groups attached to an aromatic ring is 2. The zero-order chi connectivity index (χ0) is 23.4. The third kappa shape index (κ3) is 3.39. The van der Waals surface area contributed by atoms with Gasteiger partial charge in [0, 0.05) is 33.6 Å². The van der Waals surface area contributed by atoms with Crippen LogP contribution in [0.15, 0.2) is 29.3 Å². The molecule has 12 heteroatoms. The maximum Gasteiger partial charge on any atom is 0.328 e. The van der Waals surface area contributed by atoms with Gasteiger partial charge in [-0.25, -0.2) is 9.78 Å². The van der Waals surface area contributed by atoms with E-state index in [2.05, 4.69) is 15.0 Å². The van der Waals surface area contributed by atoms with Crippen LogP contribution in [0.1, 0.15) is 18.0 Å². The van der Waals surface area contributed by atoms with E-state index in [1.54, 1.807) is 32.7 Å². The highest BCUT2D eigenvalue weighted by Gasteiger charge is 2.36. The quantitative estimate of drug-likeness (QED) is 0.376. The lowest BCUT2D eigenvalue weighted by Gasteiger charge is -2.17. The Labute approximate surface area is 188 Å². The molecule has 1 aliphatic heterocycles. The van der Waals surface area contributed by atoms with Gasteiger partial charge in [0.25, 0.3) is 0 Å². The molecule has 0 radical (unpaired) electrons. The number of carbonyl (C=O) groups excluding carboxylic acids is 1. The number of hydrogen-bond acceptors (Lipinski definition) is 8. The SMILES string of the molecule is Cn1c(=O)n(C)c2cc(CCC(=O)N3C[C@H](O)[C@@H](n4cnc5c(N)nc(N)nc54)C3)ccc21. The molecule has 0 aliphatic carbocycles. The minimum absolute atomic E-state index is 0.0232. The summed E-state index contributed by atoms with van der Waals surface area (Å²) >= 11 is 0. The van der Waals surface area contributed by atoms with Crippen LogP contribution in [0.4, 0.5) is 11.8 Å². The highest BCUT2D eigenvalue weighted by Crippen LogP contribution is 2.28. The molecule has 1 aromatic carbocycles. The van der Waals surface area contributed by atoms with E-state index >= 15 is 0 Å². The van der Waals surface area contributed by atoms with Crippen molar-refractivity contribution >= 4 is 39.9 Å². The van der Waals surface area contributed by atoms with Crippen molar-refractivity contribution in [2.24, 2.45) is 14.1 Å². The van der Waals surface area contributed by atoms with Crippen molar-refractivity contribution < 1.29 is 9.90 Å². The molecule has 1 aliphatic rings. The zero-order valence-corrected chi connectivity index (χ0v) is 18.3. The van der Waals surface area contributed by atoms with Gasteiger partial charge in [0.05, 0.1) is 29.5 Å². The molecular weight excluding hydrogens is 426 g/mol. The van der Waals surface area contributed by atoms with Crippen LogP contribution < -0.4 is 17.2 Å². The first-order chi connectivity index (χ1) is 15.7. The Morgan fingerprint density at radius 2 is 1.91 bits per heavy atom. The van der Waals surface area contributed by atoms with Crippen LogP contribution in [0.25, 0.3) is 22.2 Å². The van der Waals surface area contributed by atoms with Gasteiger partial charge in [-0.2, -0.15) is 9.97 Å². The van der Waals surface area contributed by atoms with Crippen molar-refractivity contribution in [1.82, 2.24) is 33.6 Å². The Bertz CT molecular complexity index is 1450. The Hall–Kier alpha value is -3.93. The summed E-state index contributed by atoms with van der Waals surface area (Å²) in [6, 6.07) is 5.36. The number of nitrogens with zero attached hydrogens (tertiary/aromatic N) is 7. The summed E-state index contributed by atoms with van der Waals surface area (Å²) in [6.07, 6.45) is 1.58. The van der Waals surface area contributed by atoms with Crippen molar-refractivity contribution in [1.29, 1.82) is 0 Å². The summed E-state index contributed by atoms with van der Waals surface area (Å²) in [7, 11) is 3.47. The number of anilines is 2. The number of aryl methyl sites for hydroxylation is 3. The first-order valence-electron chi connectivity index (χ1n) is 10.6. The summed E-state index contributed by atoms with van der Waals surface area (Å²) in [5.41, 5.74) is 15.0. The highest BCUT2D eigenvalue weighted by atomic mass is 16.3. The summed E-state index contributed by atoms with van der Waals surface area (Å²) in [6.45, 7) is 0.535. The monoisotopic (exact) mass is 451 g/mol. The van der Waals surface area contributed by atoms with Crippen LogP contribution in [0.3, 0.4) is 0 Å². The smallest absolute Gasteiger partial charge is 0.328 e. The number of amides is 1. The van der Waals surface area contributed by atoms with Crippen LogP contribution in [0.2, 0.25) is 0 Å². The molecule has 12 nitrogen and oxygen atoms in total. The first-order valence-corrected chi connectivity index (χ1v) is 10.6. The van der Waals surface area contributed by atoms with Gasteiger partial charge >= 0.3 is 5.69 Å². The van der Waals surface area contributed by atoms with Crippen molar-refractivity contribution in [3.63, 3.8) is 0 Å². The maximum absolute atomic E-state index is 12.9. The van der Waals surface area contributed by atoms with E-state index in [0.29, 0.717) is 30.6 Å². The Balaban J connectivity index is 1.30. The molecule has 3 aromatic heterocycles. The molecule has 5 N–H and O–H groups in total. The van der Waals surface area contributed by atoms with Crippen molar-refractivity contribution in [3.8, 4) is 0 Å². The Kier molecular flexibility index (Phi) is 4.81. The molecule has 0 bridgehead atoms. The normalized spacial score (nSPS) is 18.6. The largest absolute Gasteiger partial charge is 0.389 e. The van der Waals surface area contributed by atoms with Gasteiger partial charge in [-0.05, 0) is 24.1 Å². The molecule has 5 rings (SSSR count). The number of likely N-dealkylation sites (tertiary alicyclic amines) is 1. The molecule has 172 valence electrons. The Morgan fingerprint density at radius 3 is 2.70 bits per heavy atom. The number of rotatable bonds is 4. The number of carbonyl (C=O) groups is 1. The van der Waals surface area contributed by atoms with Gasteiger partial charge in [0.1, 0.15) is 5.52 Å². The fourth-order valence-corrected chi connectivity index (χ4v) is 4.56. The number of imidazole rings is 2. The molecule has 2 atom stereocenters. The second-order valence-electron chi connectivity index (χ2n) is 8.45. The average molecular weight is 451 g/mol. The van der Waals surface area contributed by atoms with Crippen molar-refractivity contribution in [2.75, 3.05) is 24.6 Å². The second-order valence-corrected chi connectivity index (χ2v) is 8.45. The number of β-amino-alcohol motifs (C(OH)–C–C–N with tert-alkyl or cyclic N) is 1. The molecule has 0 saturated carbocycles. The lowest BCUT2D eigenvalue weighted by molar-refractivity contribution is -0.130. The fourth-order valence-electron chi connectivity index (χ4n) is 4.56. The van der Waals surface area contributed by atoms with Gasteiger partial charge in [-0.3, -0.25) is 13.9 Å². The molecule has 33 heavy (non-hydrogen) atoms. The summed E-state index contributed by atoms with van der Waals surface area (Å²) in [5.74, 6) is 0.135. The summed E-state index contributed by atoms with van der Waals surface area (Å²) in [5, 5.41) is 10.7. The molecule has 1 fully saturated rings. The fraction of sp³-hybridized carbons (Fsp3) is 0.381. The Morgan fingerprint density at radius 1 is 1.15 bits per heavy atom. The van der Waals surface area contributed by atoms with Crippen LogP contribution in [-0.2, 0) is 25.3 Å². The molecular formula is C21H25N9O3. The van der Waals surface area contributed by atoms with Crippen LogP contribution in [-0.4, -0.2) is 63.8 Å². The second kappa shape index (κ2) is 7.59. The summed E-state index contributed by atoms with van der Waals surface area (Å²) < 4.78 is 4.90. The first kappa shape index (κ1) is 20.9. The number of nitrogens with two attached hydrogens (primary N) is 2. The van der Waals surface area contributed by atoms with Gasteiger partial charge in [-0.1, -0.05) is 6.07 Å². The number of benzene rings is 1. The zero-order valence-electron chi connectivity index (χ0n) is 18.3. The average Bonchev–Trinajstić information content (AvgIpc) is 3.44. The number of fused-ring (bicyclic) bond motifs is 2. The number of aromatic nitrogens is 6. The minimum Gasteiger partial charge on any atom is -0.389 e. The standard InChI is InChI=1S/C21H25N9O3/c1-27-12-5-3-11(7-13(12)28(2)21(27)33)4-6-16(32)29-8-14(15(31)9-29)30-10-24-17-18(22)25-20(23)26-19(17)30/h3,5,7,10,14-15,31H,4,6,8-9H2,1-2H3,(H4,22,23,25,26)/t14-,15-/m0/s1. The van der Waals surface area contributed by atoms with Crippen molar-refractivity contribution in [3.05, 3.63) is 40.6 Å². The lowest BCUT2D eigenvalue weighted by atomic mass is 10.1. The minimum atomic E-state index is -0.779. The number of aliphatic hydroxyl groups excluding tert-OH is 1. The van der Waals surface area contributed by atoms with Gasteiger partial charge in [-0.15, -0.1) is 0 Å². The maximum atomic E-state index is 12.9. The molecule has 4 heterocycles. The van der Waals surface area contributed by atoms with Crippen molar-refractivity contribution in [2.45, 2.75) is 25.0 Å². The van der Waals surface area contributed by atoms with Gasteiger partial charge < -0.3 is 26.0 Å². The number of hydrogen-bond donors (Lipinski definition) is 3. The van der Waals surface area contributed by atoms with E-state index in [1.165, 1.54) is 6.33 Å². The highest BCUT2D eigenvalue weighted by molar-refractivity contribution is 5.83. The van der Waals surface area contributed by atoms with Gasteiger partial charge in [0.15, 0.2) is 11.5 Å². The molecule has 0 spiro atoms. The molecule has 1 amide bonds. The third-order valence-corrected chi connectivity index (χ3v) is 6.40. The van der Waals surface area contributed by atoms with Crippen LogP contribution in [0, 0.1) is 0 Å². The lowest BCUT2D eigenvalue weighted by Crippen LogP contribution is -2.29. The molecule has 1 saturated heterocycles. The molecule has 0 unspecified atom stereocenters.